The molecule has 14 heteroatoms. The molecule has 0 spiro atoms. The molecule has 4 aromatic rings. The van der Waals surface area contributed by atoms with Crippen molar-refractivity contribution in [3.05, 3.63) is 78.0 Å². The monoisotopic (exact) mass is 618 g/mol. The number of carbonyl (C=O) groups is 2. The number of ether oxygens (including phenoxy) is 3. The fourth-order valence-corrected chi connectivity index (χ4v) is 5.38. The van der Waals surface area contributed by atoms with Crippen LogP contribution in [0.3, 0.4) is 0 Å². The van der Waals surface area contributed by atoms with E-state index in [4.69, 9.17) is 30.8 Å². The summed E-state index contributed by atoms with van der Waals surface area (Å²) in [6.45, 7) is 3.17. The minimum Gasteiger partial charge on any atom is -0.497 e. The summed E-state index contributed by atoms with van der Waals surface area (Å²) in [7, 11) is 1.59. The van der Waals surface area contributed by atoms with E-state index in [1.165, 1.54) is 0 Å². The number of imidazole rings is 1. The van der Waals surface area contributed by atoms with Crippen LogP contribution in [0.15, 0.2) is 67.3 Å². The van der Waals surface area contributed by atoms with E-state index in [1.807, 2.05) is 30.0 Å². The van der Waals surface area contributed by atoms with Gasteiger partial charge < -0.3 is 34.6 Å². The molecule has 0 saturated carbocycles. The highest BCUT2D eigenvalue weighted by molar-refractivity contribution is 6.29. The summed E-state index contributed by atoms with van der Waals surface area (Å²) in [4.78, 5) is 43.6. The Morgan fingerprint density at radius 3 is 2.68 bits per heavy atom. The largest absolute Gasteiger partial charge is 0.497 e. The number of anilines is 2. The van der Waals surface area contributed by atoms with Crippen LogP contribution in [0.1, 0.15) is 24.9 Å². The van der Waals surface area contributed by atoms with Gasteiger partial charge in [-0.25, -0.2) is 14.8 Å². The Balaban J connectivity index is 1.20. The average molecular weight is 619 g/mol. The van der Waals surface area contributed by atoms with Crippen LogP contribution < -0.4 is 29.7 Å². The van der Waals surface area contributed by atoms with Gasteiger partial charge in [-0.1, -0.05) is 17.7 Å². The highest BCUT2D eigenvalue weighted by Crippen LogP contribution is 2.34. The van der Waals surface area contributed by atoms with E-state index in [0.29, 0.717) is 47.8 Å². The van der Waals surface area contributed by atoms with Crippen LogP contribution in [0.2, 0.25) is 5.15 Å². The number of benzene rings is 2. The number of urea groups is 1. The number of nitrogens with one attached hydrogen (secondary N) is 2. The van der Waals surface area contributed by atoms with Crippen LogP contribution in [-0.4, -0.2) is 75.9 Å². The lowest BCUT2D eigenvalue weighted by Gasteiger charge is -2.42. The fourth-order valence-electron chi connectivity index (χ4n) is 5.21. The summed E-state index contributed by atoms with van der Waals surface area (Å²) in [6, 6.07) is 13.4. The molecule has 6 rings (SSSR count). The van der Waals surface area contributed by atoms with Gasteiger partial charge in [-0.3, -0.25) is 9.36 Å². The van der Waals surface area contributed by atoms with Gasteiger partial charge in [-0.05, 0) is 48.9 Å². The molecular formula is C30H31ClN8O5. The number of halogens is 1. The minimum absolute atomic E-state index is 0.100. The number of fused-ring (bicyclic) bond motifs is 1. The zero-order chi connectivity index (χ0) is 30.6. The highest BCUT2D eigenvalue weighted by Gasteiger charge is 2.33. The lowest BCUT2D eigenvalue weighted by molar-refractivity contribution is -0.122. The maximum Gasteiger partial charge on any atom is 0.321 e. The van der Waals surface area contributed by atoms with Crippen molar-refractivity contribution >= 4 is 35.0 Å². The molecule has 13 nitrogen and oxygen atoms in total. The molecule has 0 radical (unpaired) electrons. The SMILES string of the molecule is COc1ccc(NC(=O)N2CCN(c3cc(Cl)nc(-n4ccnc4)n3)C(CC(=O)NC(C)c3ccc4c(c3)OCO4)C2)cc1. The number of methoxy groups -OCH3 is 1. The van der Waals surface area contributed by atoms with E-state index in [0.717, 1.165) is 5.56 Å². The van der Waals surface area contributed by atoms with Crippen molar-refractivity contribution in [2.75, 3.05) is 43.8 Å². The van der Waals surface area contributed by atoms with Gasteiger partial charge in [0.05, 0.1) is 19.2 Å². The third-order valence-corrected chi connectivity index (χ3v) is 7.70. The Morgan fingerprint density at radius 1 is 1.09 bits per heavy atom. The lowest BCUT2D eigenvalue weighted by atomic mass is 10.1. The number of aromatic nitrogens is 4. The van der Waals surface area contributed by atoms with Crippen LogP contribution in [0.4, 0.5) is 16.3 Å². The van der Waals surface area contributed by atoms with E-state index in [2.05, 4.69) is 20.6 Å². The lowest BCUT2D eigenvalue weighted by Crippen LogP contribution is -2.57. The Labute approximate surface area is 258 Å². The topological polar surface area (TPSA) is 136 Å². The molecule has 2 aromatic carbocycles. The molecule has 44 heavy (non-hydrogen) atoms. The minimum atomic E-state index is -0.407. The number of hydrogen-bond donors (Lipinski definition) is 2. The van der Waals surface area contributed by atoms with E-state index in [1.54, 1.807) is 65.6 Å². The third kappa shape index (κ3) is 6.47. The molecule has 0 bridgehead atoms. The average Bonchev–Trinajstić information content (AvgIpc) is 3.73. The maximum atomic E-state index is 13.5. The van der Waals surface area contributed by atoms with Gasteiger partial charge >= 0.3 is 6.03 Å². The van der Waals surface area contributed by atoms with Crippen molar-refractivity contribution in [2.24, 2.45) is 0 Å². The summed E-state index contributed by atoms with van der Waals surface area (Å²) >= 11 is 6.41. The van der Waals surface area contributed by atoms with Gasteiger partial charge in [0.15, 0.2) is 11.5 Å². The van der Waals surface area contributed by atoms with Crippen molar-refractivity contribution in [3.8, 4) is 23.2 Å². The smallest absolute Gasteiger partial charge is 0.321 e. The molecular weight excluding hydrogens is 588 g/mol. The molecule has 3 amide bonds. The van der Waals surface area contributed by atoms with Gasteiger partial charge in [0.25, 0.3) is 0 Å². The summed E-state index contributed by atoms with van der Waals surface area (Å²) in [5.74, 6) is 2.73. The molecule has 1 saturated heterocycles. The number of amides is 3. The number of rotatable bonds is 8. The van der Waals surface area contributed by atoms with Crippen molar-refractivity contribution in [1.29, 1.82) is 0 Å². The Kier molecular flexibility index (Phi) is 8.37. The number of carbonyl (C=O) groups excluding carboxylic acids is 2. The van der Waals surface area contributed by atoms with Crippen LogP contribution in [0.5, 0.6) is 17.2 Å². The van der Waals surface area contributed by atoms with E-state index in [-0.39, 0.29) is 42.9 Å². The van der Waals surface area contributed by atoms with E-state index in [9.17, 15) is 9.59 Å². The highest BCUT2D eigenvalue weighted by atomic mass is 35.5. The first-order valence-electron chi connectivity index (χ1n) is 14.0. The molecule has 2 atom stereocenters. The van der Waals surface area contributed by atoms with Gasteiger partial charge in [0.1, 0.15) is 23.0 Å². The van der Waals surface area contributed by atoms with Crippen molar-refractivity contribution in [2.45, 2.75) is 25.4 Å². The van der Waals surface area contributed by atoms with Gasteiger partial charge in [0.2, 0.25) is 18.6 Å². The Hall–Kier alpha value is -5.04. The summed E-state index contributed by atoms with van der Waals surface area (Å²) in [5.41, 5.74) is 1.52. The molecule has 228 valence electrons. The van der Waals surface area contributed by atoms with Crippen molar-refractivity contribution in [1.82, 2.24) is 29.7 Å². The summed E-state index contributed by atoms with van der Waals surface area (Å²) < 4.78 is 17.8. The van der Waals surface area contributed by atoms with Crippen molar-refractivity contribution < 1.29 is 23.8 Å². The molecule has 2 aliphatic heterocycles. The Bertz CT molecular complexity index is 1640. The summed E-state index contributed by atoms with van der Waals surface area (Å²) in [6.07, 6.45) is 5.03. The molecule has 4 heterocycles. The van der Waals surface area contributed by atoms with E-state index >= 15 is 0 Å². The van der Waals surface area contributed by atoms with E-state index < -0.39 is 6.04 Å². The summed E-state index contributed by atoms with van der Waals surface area (Å²) in [5, 5.41) is 6.27. The third-order valence-electron chi connectivity index (χ3n) is 7.51. The molecule has 2 N–H and O–H groups in total. The number of hydrogen-bond acceptors (Lipinski definition) is 9. The normalized spacial score (nSPS) is 16.4. The first kappa shape index (κ1) is 29.1. The van der Waals surface area contributed by atoms with Gasteiger partial charge in [0, 0.05) is 50.2 Å². The number of nitrogens with zero attached hydrogens (tertiary/aromatic N) is 6. The first-order valence-corrected chi connectivity index (χ1v) is 14.4. The zero-order valence-corrected chi connectivity index (χ0v) is 24.9. The van der Waals surface area contributed by atoms with Crippen LogP contribution >= 0.6 is 11.6 Å². The quantitative estimate of drug-likeness (QED) is 0.280. The first-order chi connectivity index (χ1) is 21.4. The second-order valence-electron chi connectivity index (χ2n) is 10.4. The predicted octanol–water partition coefficient (Wildman–Crippen LogP) is 4.04. The Morgan fingerprint density at radius 2 is 1.91 bits per heavy atom. The fraction of sp³-hybridized carbons (Fsp3) is 0.300. The van der Waals surface area contributed by atoms with Crippen LogP contribution in [0, 0.1) is 0 Å². The molecule has 2 aromatic heterocycles. The molecule has 0 aliphatic carbocycles. The molecule has 1 fully saturated rings. The van der Waals surface area contributed by atoms with Crippen LogP contribution in [-0.2, 0) is 4.79 Å². The second kappa shape index (κ2) is 12.7. The molecule has 2 unspecified atom stereocenters. The standard InChI is InChI=1S/C30H31ClN8O5/c1-19(20-3-8-24-25(13-20)44-18-43-24)33-28(40)14-22-16-37(30(41)34-21-4-6-23(42-2)7-5-21)11-12-39(22)27-15-26(31)35-29(36-27)38-10-9-32-17-38/h3-10,13,15,17,19,22H,11-12,14,16,18H2,1-2H3,(H,33,40)(H,34,41). The maximum absolute atomic E-state index is 13.5. The predicted molar refractivity (Wildman–Crippen MR) is 163 cm³/mol. The molecule has 2 aliphatic rings. The number of piperazine rings is 1. The second-order valence-corrected chi connectivity index (χ2v) is 10.8. The van der Waals surface area contributed by atoms with Gasteiger partial charge in [-0.15, -0.1) is 0 Å². The zero-order valence-electron chi connectivity index (χ0n) is 24.1. The van der Waals surface area contributed by atoms with Gasteiger partial charge in [-0.2, -0.15) is 4.98 Å². The van der Waals surface area contributed by atoms with Crippen LogP contribution in [0.25, 0.3) is 5.95 Å². The van der Waals surface area contributed by atoms with Crippen molar-refractivity contribution in [3.63, 3.8) is 0 Å².